The second-order valence-electron chi connectivity index (χ2n) is 3.25. The van der Waals surface area contributed by atoms with Crippen LogP contribution in [-0.4, -0.2) is 18.9 Å². The van der Waals surface area contributed by atoms with Crippen molar-refractivity contribution in [3.05, 3.63) is 22.7 Å². The molecule has 0 heterocycles. The van der Waals surface area contributed by atoms with E-state index in [9.17, 15) is 13.2 Å². The molecule has 0 aromatic heterocycles. The maximum atomic E-state index is 10.9. The fraction of sp³-hybridized carbons (Fsp3) is 0.222. The molecule has 0 radical (unpaired) electrons. The normalized spacial score (nSPS) is 11.2. The predicted octanol–water partition coefficient (Wildman–Crippen LogP) is 1.85. The number of hydrogen-bond donors (Lipinski definition) is 2. The molecular weight excluding hydrogens is 254 g/mol. The van der Waals surface area contributed by atoms with Crippen LogP contribution in [0.25, 0.3) is 0 Å². The maximum absolute atomic E-state index is 10.9. The van der Waals surface area contributed by atoms with Crippen molar-refractivity contribution < 1.29 is 17.8 Å². The summed E-state index contributed by atoms with van der Waals surface area (Å²) in [5.74, 6) is -0.315. The second-order valence-corrected chi connectivity index (χ2v) is 5.08. The van der Waals surface area contributed by atoms with E-state index in [2.05, 4.69) is 5.32 Å². The van der Waals surface area contributed by atoms with Crippen LogP contribution in [0.2, 0.25) is 5.02 Å². The zero-order valence-electron chi connectivity index (χ0n) is 8.61. The highest BCUT2D eigenvalue weighted by molar-refractivity contribution is 7.85. The number of carbonyl (C=O) groups is 1. The number of hydrogen-bond acceptors (Lipinski definition) is 3. The van der Waals surface area contributed by atoms with Crippen LogP contribution >= 0.6 is 11.6 Å². The fourth-order valence-corrected chi connectivity index (χ4v) is 2.17. The van der Waals surface area contributed by atoms with Gasteiger partial charge in [0.15, 0.2) is 0 Å². The molecule has 16 heavy (non-hydrogen) atoms. The average Bonchev–Trinajstić information content (AvgIpc) is 2.09. The first-order chi connectivity index (χ1) is 7.21. The van der Waals surface area contributed by atoms with Crippen LogP contribution in [0.1, 0.15) is 12.5 Å². The molecule has 1 rings (SSSR count). The van der Waals surface area contributed by atoms with Gasteiger partial charge in [-0.25, -0.2) is 0 Å². The van der Waals surface area contributed by atoms with Crippen molar-refractivity contribution in [1.82, 2.24) is 0 Å². The van der Waals surface area contributed by atoms with Crippen LogP contribution in [0.3, 0.4) is 0 Å². The number of benzene rings is 1. The SMILES string of the molecule is CC(=O)Nc1c(C)cc(S(=O)(=O)O)cc1Cl. The lowest BCUT2D eigenvalue weighted by Crippen LogP contribution is -2.09. The molecule has 1 aromatic rings. The quantitative estimate of drug-likeness (QED) is 0.798. The van der Waals surface area contributed by atoms with Gasteiger partial charge in [-0.3, -0.25) is 9.35 Å². The Kier molecular flexibility index (Phi) is 3.57. The molecule has 0 aliphatic heterocycles. The molecule has 0 spiro atoms. The molecule has 1 aromatic carbocycles. The van der Waals surface area contributed by atoms with Gasteiger partial charge in [0.05, 0.1) is 15.6 Å². The molecule has 7 heteroatoms. The third-order valence-electron chi connectivity index (χ3n) is 1.86. The first kappa shape index (κ1) is 13.0. The van der Waals surface area contributed by atoms with E-state index >= 15 is 0 Å². The zero-order valence-corrected chi connectivity index (χ0v) is 10.2. The Morgan fingerprint density at radius 2 is 2.00 bits per heavy atom. The van der Waals surface area contributed by atoms with Crippen LogP contribution in [0.15, 0.2) is 17.0 Å². The highest BCUT2D eigenvalue weighted by Crippen LogP contribution is 2.29. The number of aryl methyl sites for hydroxylation is 1. The molecule has 88 valence electrons. The second kappa shape index (κ2) is 4.40. The maximum Gasteiger partial charge on any atom is 0.294 e. The minimum absolute atomic E-state index is 0.0582. The van der Waals surface area contributed by atoms with Crippen molar-refractivity contribution >= 4 is 33.3 Å². The molecule has 0 saturated heterocycles. The van der Waals surface area contributed by atoms with E-state index in [-0.39, 0.29) is 15.8 Å². The van der Waals surface area contributed by atoms with Gasteiger partial charge in [0.2, 0.25) is 5.91 Å². The molecule has 0 atom stereocenters. The number of anilines is 1. The van der Waals surface area contributed by atoms with Gasteiger partial charge in [-0.2, -0.15) is 8.42 Å². The van der Waals surface area contributed by atoms with Crippen molar-refractivity contribution in [3.63, 3.8) is 0 Å². The first-order valence-electron chi connectivity index (χ1n) is 4.27. The van der Waals surface area contributed by atoms with Gasteiger partial charge in [0, 0.05) is 6.92 Å². The summed E-state index contributed by atoms with van der Waals surface area (Å²) in [5.41, 5.74) is 0.789. The number of amides is 1. The van der Waals surface area contributed by atoms with E-state index in [0.717, 1.165) is 6.07 Å². The lowest BCUT2D eigenvalue weighted by atomic mass is 10.2. The Bertz CT molecular complexity index is 515. The Labute approximate surface area is 98.2 Å². The van der Waals surface area contributed by atoms with Gasteiger partial charge in [0.1, 0.15) is 0 Å². The van der Waals surface area contributed by atoms with Gasteiger partial charge < -0.3 is 5.32 Å². The zero-order chi connectivity index (χ0) is 12.5. The molecule has 2 N–H and O–H groups in total. The molecule has 0 aliphatic rings. The topological polar surface area (TPSA) is 83.5 Å². The molecular formula is C9H10ClNO4S. The third-order valence-corrected chi connectivity index (χ3v) is 2.99. The van der Waals surface area contributed by atoms with E-state index < -0.39 is 10.1 Å². The van der Waals surface area contributed by atoms with Crippen molar-refractivity contribution in [1.29, 1.82) is 0 Å². The summed E-state index contributed by atoms with van der Waals surface area (Å²) in [6.07, 6.45) is 0. The monoisotopic (exact) mass is 263 g/mol. The highest BCUT2D eigenvalue weighted by atomic mass is 35.5. The Balaban J connectivity index is 3.34. The summed E-state index contributed by atoms with van der Waals surface area (Å²) in [6.45, 7) is 2.89. The lowest BCUT2D eigenvalue weighted by Gasteiger charge is -2.10. The Hall–Kier alpha value is -1.11. The largest absolute Gasteiger partial charge is 0.325 e. The summed E-state index contributed by atoms with van der Waals surface area (Å²) in [5, 5.41) is 2.53. The van der Waals surface area contributed by atoms with Crippen molar-refractivity contribution in [2.24, 2.45) is 0 Å². The summed E-state index contributed by atoms with van der Waals surface area (Å²) in [4.78, 5) is 10.6. The minimum Gasteiger partial charge on any atom is -0.325 e. The Morgan fingerprint density at radius 3 is 2.38 bits per heavy atom. The standard InChI is InChI=1S/C9H10ClNO4S/c1-5-3-7(16(13,14)15)4-8(10)9(5)11-6(2)12/h3-4H,1-2H3,(H,11,12)(H,13,14,15). The van der Waals surface area contributed by atoms with E-state index in [0.29, 0.717) is 11.3 Å². The molecule has 1 amide bonds. The number of carbonyl (C=O) groups excluding carboxylic acids is 1. The third kappa shape index (κ3) is 2.94. The lowest BCUT2D eigenvalue weighted by molar-refractivity contribution is -0.114. The number of halogens is 1. The van der Waals surface area contributed by atoms with E-state index in [1.165, 1.54) is 13.0 Å². The van der Waals surface area contributed by atoms with Gasteiger partial charge in [-0.05, 0) is 24.6 Å². The molecule has 0 fully saturated rings. The van der Waals surface area contributed by atoms with E-state index in [4.69, 9.17) is 16.2 Å². The van der Waals surface area contributed by atoms with Gasteiger partial charge in [0.25, 0.3) is 10.1 Å². The van der Waals surface area contributed by atoms with Gasteiger partial charge in [-0.15, -0.1) is 0 Å². The van der Waals surface area contributed by atoms with Crippen LogP contribution in [0, 0.1) is 6.92 Å². The fourth-order valence-electron chi connectivity index (χ4n) is 1.20. The van der Waals surface area contributed by atoms with Crippen LogP contribution in [-0.2, 0) is 14.9 Å². The van der Waals surface area contributed by atoms with Gasteiger partial charge in [-0.1, -0.05) is 11.6 Å². The predicted molar refractivity (Wildman–Crippen MR) is 60.3 cm³/mol. The molecule has 0 aliphatic carbocycles. The Morgan fingerprint density at radius 1 is 1.44 bits per heavy atom. The van der Waals surface area contributed by atoms with E-state index in [1.807, 2.05) is 0 Å². The average molecular weight is 264 g/mol. The first-order valence-corrected chi connectivity index (χ1v) is 6.09. The van der Waals surface area contributed by atoms with Crippen molar-refractivity contribution in [3.8, 4) is 0 Å². The van der Waals surface area contributed by atoms with Crippen LogP contribution < -0.4 is 5.32 Å². The smallest absolute Gasteiger partial charge is 0.294 e. The van der Waals surface area contributed by atoms with Gasteiger partial charge >= 0.3 is 0 Å². The summed E-state index contributed by atoms with van der Waals surface area (Å²) in [7, 11) is -4.29. The van der Waals surface area contributed by atoms with E-state index in [1.54, 1.807) is 6.92 Å². The summed E-state index contributed by atoms with van der Waals surface area (Å²) < 4.78 is 30.6. The number of nitrogens with one attached hydrogen (secondary N) is 1. The minimum atomic E-state index is -4.29. The summed E-state index contributed by atoms with van der Waals surface area (Å²) in [6, 6.07) is 2.31. The molecule has 5 nitrogen and oxygen atoms in total. The molecule has 0 unspecified atom stereocenters. The summed E-state index contributed by atoms with van der Waals surface area (Å²) >= 11 is 5.79. The van der Waals surface area contributed by atoms with Crippen molar-refractivity contribution in [2.75, 3.05) is 5.32 Å². The van der Waals surface area contributed by atoms with Crippen molar-refractivity contribution in [2.45, 2.75) is 18.7 Å². The number of rotatable bonds is 2. The molecule has 0 bridgehead atoms. The highest BCUT2D eigenvalue weighted by Gasteiger charge is 2.15. The van der Waals surface area contributed by atoms with Crippen LogP contribution in [0.4, 0.5) is 5.69 Å². The molecule has 0 saturated carbocycles. The van der Waals surface area contributed by atoms with Crippen LogP contribution in [0.5, 0.6) is 0 Å².